The average Bonchev–Trinajstić information content (AvgIpc) is 2.50. The van der Waals surface area contributed by atoms with Gasteiger partial charge in [0.05, 0.1) is 11.6 Å². The van der Waals surface area contributed by atoms with E-state index in [1.54, 1.807) is 0 Å². The van der Waals surface area contributed by atoms with Crippen LogP contribution in [0.2, 0.25) is 0 Å². The molecule has 1 aliphatic rings. The Morgan fingerprint density at radius 1 is 1.30 bits per heavy atom. The number of aryl methyl sites for hydroxylation is 1. The highest BCUT2D eigenvalue weighted by Gasteiger charge is 2.40. The van der Waals surface area contributed by atoms with Gasteiger partial charge in [0.1, 0.15) is 0 Å². The van der Waals surface area contributed by atoms with Crippen LogP contribution in [-0.4, -0.2) is 12.7 Å². The van der Waals surface area contributed by atoms with Crippen molar-refractivity contribution in [2.75, 3.05) is 7.11 Å². The molecule has 0 spiro atoms. The molecule has 0 aromatic heterocycles. The molecule has 3 nitrogen and oxygen atoms in total. The van der Waals surface area contributed by atoms with Crippen LogP contribution in [0.3, 0.4) is 0 Å². The summed E-state index contributed by atoms with van der Waals surface area (Å²) < 4.78 is 5.94. The molecule has 3 heteroatoms. The highest BCUT2D eigenvalue weighted by atomic mass is 16.5. The molecule has 0 heterocycles. The second kappa shape index (κ2) is 7.21. The molecule has 0 radical (unpaired) electrons. The van der Waals surface area contributed by atoms with Gasteiger partial charge in [0.2, 0.25) is 0 Å². The fraction of sp³-hybridized carbons (Fsp3) is 0.647. The summed E-state index contributed by atoms with van der Waals surface area (Å²) in [7, 11) is 1.82. The number of hydrogen-bond acceptors (Lipinski definition) is 3. The quantitative estimate of drug-likeness (QED) is 0.617. The molecular formula is C17H28N2O. The maximum atomic E-state index is 5.94. The maximum Gasteiger partial charge on any atom is 0.0885 e. The Morgan fingerprint density at radius 3 is 2.65 bits per heavy atom. The first-order chi connectivity index (χ1) is 9.75. The normalized spacial score (nSPS) is 19.8. The molecule has 1 fully saturated rings. The first kappa shape index (κ1) is 15.5. The summed E-state index contributed by atoms with van der Waals surface area (Å²) in [5, 5.41) is 0. The van der Waals surface area contributed by atoms with Crippen molar-refractivity contribution in [3.05, 3.63) is 35.4 Å². The minimum atomic E-state index is -0.155. The van der Waals surface area contributed by atoms with Gasteiger partial charge < -0.3 is 4.74 Å². The molecule has 1 saturated carbocycles. The predicted octanol–water partition coefficient (Wildman–Crippen LogP) is 3.49. The first-order valence-corrected chi connectivity index (χ1v) is 7.86. The molecule has 112 valence electrons. The van der Waals surface area contributed by atoms with Crippen LogP contribution in [-0.2, 0) is 11.2 Å². The van der Waals surface area contributed by atoms with E-state index < -0.39 is 0 Å². The Morgan fingerprint density at radius 2 is 2.05 bits per heavy atom. The lowest BCUT2D eigenvalue weighted by Gasteiger charge is -2.42. The molecule has 1 unspecified atom stereocenters. The maximum absolute atomic E-state index is 5.94. The van der Waals surface area contributed by atoms with E-state index in [4.69, 9.17) is 10.6 Å². The van der Waals surface area contributed by atoms with E-state index in [-0.39, 0.29) is 11.6 Å². The molecule has 20 heavy (non-hydrogen) atoms. The van der Waals surface area contributed by atoms with E-state index in [0.717, 1.165) is 19.3 Å². The topological polar surface area (TPSA) is 47.3 Å². The molecule has 2 rings (SSSR count). The third-order valence-electron chi connectivity index (χ3n) is 4.62. The molecular weight excluding hydrogens is 248 g/mol. The number of hydrazine groups is 1. The molecule has 3 N–H and O–H groups in total. The zero-order valence-electron chi connectivity index (χ0n) is 12.8. The third-order valence-corrected chi connectivity index (χ3v) is 4.62. The van der Waals surface area contributed by atoms with Crippen LogP contribution in [0.15, 0.2) is 24.3 Å². The zero-order valence-corrected chi connectivity index (χ0v) is 12.8. The van der Waals surface area contributed by atoms with E-state index in [1.807, 2.05) is 7.11 Å². The van der Waals surface area contributed by atoms with Crippen molar-refractivity contribution in [3.8, 4) is 0 Å². The Bertz CT molecular complexity index is 413. The minimum Gasteiger partial charge on any atom is -0.376 e. The summed E-state index contributed by atoms with van der Waals surface area (Å²) in [6.45, 7) is 2.21. The van der Waals surface area contributed by atoms with Crippen LogP contribution in [0, 0.1) is 0 Å². The number of rotatable bonds is 6. The molecule has 1 atom stereocenters. The molecule has 0 saturated heterocycles. The second-order valence-corrected chi connectivity index (χ2v) is 5.92. The van der Waals surface area contributed by atoms with Gasteiger partial charge >= 0.3 is 0 Å². The van der Waals surface area contributed by atoms with Crippen molar-refractivity contribution in [2.24, 2.45) is 5.84 Å². The van der Waals surface area contributed by atoms with Gasteiger partial charge in [-0.3, -0.25) is 11.3 Å². The molecule has 0 aliphatic heterocycles. The van der Waals surface area contributed by atoms with Crippen LogP contribution in [0.5, 0.6) is 0 Å². The van der Waals surface area contributed by atoms with E-state index >= 15 is 0 Å². The molecule has 1 aromatic carbocycles. The van der Waals surface area contributed by atoms with Crippen LogP contribution in [0.1, 0.15) is 62.6 Å². The Labute approximate surface area is 122 Å². The van der Waals surface area contributed by atoms with Crippen LogP contribution in [0.25, 0.3) is 0 Å². The lowest BCUT2D eigenvalue weighted by atomic mass is 9.76. The summed E-state index contributed by atoms with van der Waals surface area (Å²) in [6.07, 6.45) is 8.19. The lowest BCUT2D eigenvalue weighted by Crippen LogP contribution is -2.49. The number of nitrogens with two attached hydrogens (primary N) is 1. The fourth-order valence-electron chi connectivity index (χ4n) is 3.53. The highest BCUT2D eigenvalue weighted by Crippen LogP contribution is 2.40. The molecule has 1 aromatic rings. The van der Waals surface area contributed by atoms with Crippen molar-refractivity contribution in [3.63, 3.8) is 0 Å². The van der Waals surface area contributed by atoms with E-state index in [2.05, 4.69) is 36.6 Å². The van der Waals surface area contributed by atoms with E-state index in [9.17, 15) is 0 Å². The molecule has 0 amide bonds. The van der Waals surface area contributed by atoms with Gasteiger partial charge in [0.25, 0.3) is 0 Å². The van der Waals surface area contributed by atoms with Crippen LogP contribution < -0.4 is 11.3 Å². The summed E-state index contributed by atoms with van der Waals surface area (Å²) in [4.78, 5) is 0. The van der Waals surface area contributed by atoms with Gasteiger partial charge in [-0.15, -0.1) is 0 Å². The van der Waals surface area contributed by atoms with Crippen molar-refractivity contribution in [1.29, 1.82) is 0 Å². The monoisotopic (exact) mass is 276 g/mol. The Balaban J connectivity index is 2.27. The summed E-state index contributed by atoms with van der Waals surface area (Å²) >= 11 is 0. The third kappa shape index (κ3) is 3.22. The number of benzene rings is 1. The van der Waals surface area contributed by atoms with Gasteiger partial charge in [0, 0.05) is 7.11 Å². The lowest BCUT2D eigenvalue weighted by molar-refractivity contribution is -0.0688. The largest absolute Gasteiger partial charge is 0.376 e. The van der Waals surface area contributed by atoms with Crippen molar-refractivity contribution in [2.45, 2.75) is 63.5 Å². The number of ether oxygens (including phenoxy) is 1. The first-order valence-electron chi connectivity index (χ1n) is 7.86. The Kier molecular flexibility index (Phi) is 5.58. The Hall–Kier alpha value is -0.900. The highest BCUT2D eigenvalue weighted by molar-refractivity contribution is 5.28. The van der Waals surface area contributed by atoms with Gasteiger partial charge in [0.15, 0.2) is 0 Å². The number of hydrogen-bond donors (Lipinski definition) is 2. The van der Waals surface area contributed by atoms with E-state index in [0.29, 0.717) is 0 Å². The SMILES string of the molecule is CCCc1cccc(C(NN)C2(OC)CCCCC2)c1. The zero-order chi connectivity index (χ0) is 14.4. The van der Waals surface area contributed by atoms with Gasteiger partial charge in [-0.05, 0) is 30.4 Å². The van der Waals surface area contributed by atoms with Crippen LogP contribution >= 0.6 is 0 Å². The van der Waals surface area contributed by atoms with Gasteiger partial charge in [-0.25, -0.2) is 0 Å². The number of methoxy groups -OCH3 is 1. The summed E-state index contributed by atoms with van der Waals surface area (Å²) in [5.41, 5.74) is 5.50. The molecule has 1 aliphatic carbocycles. The smallest absolute Gasteiger partial charge is 0.0885 e. The van der Waals surface area contributed by atoms with Crippen molar-refractivity contribution in [1.82, 2.24) is 5.43 Å². The van der Waals surface area contributed by atoms with E-state index in [1.165, 1.54) is 36.8 Å². The predicted molar refractivity (Wildman–Crippen MR) is 83.3 cm³/mol. The second-order valence-electron chi connectivity index (χ2n) is 5.92. The van der Waals surface area contributed by atoms with Crippen molar-refractivity contribution >= 4 is 0 Å². The van der Waals surface area contributed by atoms with Crippen molar-refractivity contribution < 1.29 is 4.74 Å². The number of nitrogens with one attached hydrogen (secondary N) is 1. The summed E-state index contributed by atoms with van der Waals surface area (Å²) in [5.74, 6) is 5.89. The fourth-order valence-corrected chi connectivity index (χ4v) is 3.53. The summed E-state index contributed by atoms with van der Waals surface area (Å²) in [6, 6.07) is 8.85. The van der Waals surface area contributed by atoms with Crippen LogP contribution in [0.4, 0.5) is 0 Å². The van der Waals surface area contributed by atoms with Gasteiger partial charge in [-0.1, -0.05) is 56.9 Å². The minimum absolute atomic E-state index is 0.0737. The average molecular weight is 276 g/mol. The van der Waals surface area contributed by atoms with Gasteiger partial charge in [-0.2, -0.15) is 0 Å². The standard InChI is InChI=1S/C17H28N2O/c1-3-8-14-9-7-10-15(13-14)16(19-18)17(20-2)11-5-4-6-12-17/h7,9-10,13,16,19H,3-6,8,11-12,18H2,1-2H3. The molecule has 0 bridgehead atoms.